The average Bonchev–Trinajstić information content (AvgIpc) is 2.26. The van der Waals surface area contributed by atoms with Gasteiger partial charge in [0.1, 0.15) is 0 Å². The van der Waals surface area contributed by atoms with E-state index in [1.165, 1.54) is 0 Å². The van der Waals surface area contributed by atoms with Gasteiger partial charge in [-0.3, -0.25) is 0 Å². The zero-order valence-electron chi connectivity index (χ0n) is 8.73. The normalized spacial score (nSPS) is 20.0. The molecule has 0 aromatic carbocycles. The highest BCUT2D eigenvalue weighted by molar-refractivity contribution is 5.91. The lowest BCUT2D eigenvalue weighted by molar-refractivity contribution is -0.139. The first-order chi connectivity index (χ1) is 5.99. The number of hydrogen-bond donors (Lipinski definition) is 1. The number of hydrogen-bond acceptors (Lipinski definition) is 3. The molecule has 0 aliphatic carbocycles. The van der Waals surface area contributed by atoms with Crippen LogP contribution in [0.25, 0.3) is 0 Å². The number of carbonyl (C=O) groups excluding carboxylic acids is 1. The number of esters is 1. The minimum absolute atomic E-state index is 0.101. The summed E-state index contributed by atoms with van der Waals surface area (Å²) in [5.41, 5.74) is 1.63. The Morgan fingerprint density at radius 1 is 1.62 bits per heavy atom. The van der Waals surface area contributed by atoms with Gasteiger partial charge in [-0.2, -0.15) is 0 Å². The molecule has 1 aliphatic heterocycles. The standard InChI is InChI=1S/C10H17NO2/c1-5-13-9(12)8-7(2)11-6-10(8,3)4/h11H,5-6H2,1-4H3. The molecule has 0 aromatic heterocycles. The molecular formula is C10H17NO2. The largest absolute Gasteiger partial charge is 0.463 e. The lowest BCUT2D eigenvalue weighted by atomic mass is 9.86. The fourth-order valence-electron chi connectivity index (χ4n) is 1.67. The molecule has 0 fully saturated rings. The Morgan fingerprint density at radius 2 is 2.23 bits per heavy atom. The van der Waals surface area contributed by atoms with Gasteiger partial charge in [-0.05, 0) is 13.8 Å². The molecule has 1 rings (SSSR count). The van der Waals surface area contributed by atoms with Crippen molar-refractivity contribution in [3.8, 4) is 0 Å². The summed E-state index contributed by atoms with van der Waals surface area (Å²) in [5.74, 6) is -0.185. The van der Waals surface area contributed by atoms with Gasteiger partial charge in [0.15, 0.2) is 0 Å². The maximum Gasteiger partial charge on any atom is 0.336 e. The SMILES string of the molecule is CCOC(=O)C1=C(C)NCC1(C)C. The average molecular weight is 183 g/mol. The number of ether oxygens (including phenoxy) is 1. The van der Waals surface area contributed by atoms with E-state index in [2.05, 4.69) is 5.32 Å². The van der Waals surface area contributed by atoms with Crippen LogP contribution in [-0.4, -0.2) is 19.1 Å². The Morgan fingerprint density at radius 3 is 2.62 bits per heavy atom. The maximum atomic E-state index is 11.6. The summed E-state index contributed by atoms with van der Waals surface area (Å²) in [7, 11) is 0. The Balaban J connectivity index is 2.88. The van der Waals surface area contributed by atoms with Crippen molar-refractivity contribution in [1.82, 2.24) is 5.32 Å². The van der Waals surface area contributed by atoms with Crippen molar-refractivity contribution in [1.29, 1.82) is 0 Å². The fraction of sp³-hybridized carbons (Fsp3) is 0.700. The van der Waals surface area contributed by atoms with E-state index in [0.717, 1.165) is 17.8 Å². The zero-order valence-corrected chi connectivity index (χ0v) is 8.73. The van der Waals surface area contributed by atoms with E-state index in [1.54, 1.807) is 0 Å². The third kappa shape index (κ3) is 1.85. The third-order valence-corrected chi connectivity index (χ3v) is 2.33. The van der Waals surface area contributed by atoms with Crippen LogP contribution in [0.3, 0.4) is 0 Å². The van der Waals surface area contributed by atoms with Crippen LogP contribution in [-0.2, 0) is 9.53 Å². The summed E-state index contributed by atoms with van der Waals surface area (Å²) in [6.07, 6.45) is 0. The van der Waals surface area contributed by atoms with Crippen molar-refractivity contribution < 1.29 is 9.53 Å². The first kappa shape index (κ1) is 10.1. The monoisotopic (exact) mass is 183 g/mol. The van der Waals surface area contributed by atoms with Gasteiger partial charge in [-0.25, -0.2) is 4.79 Å². The first-order valence-corrected chi connectivity index (χ1v) is 4.61. The molecule has 3 nitrogen and oxygen atoms in total. The first-order valence-electron chi connectivity index (χ1n) is 4.61. The van der Waals surface area contributed by atoms with Crippen LogP contribution in [0.4, 0.5) is 0 Å². The Bertz CT molecular complexity index is 254. The van der Waals surface area contributed by atoms with E-state index in [9.17, 15) is 4.79 Å². The van der Waals surface area contributed by atoms with Gasteiger partial charge in [0, 0.05) is 17.7 Å². The van der Waals surface area contributed by atoms with Crippen molar-refractivity contribution in [2.75, 3.05) is 13.2 Å². The van der Waals surface area contributed by atoms with Crippen LogP contribution < -0.4 is 5.32 Å². The van der Waals surface area contributed by atoms with Crippen molar-refractivity contribution in [2.24, 2.45) is 5.41 Å². The second-order valence-electron chi connectivity index (χ2n) is 3.96. The maximum absolute atomic E-state index is 11.6. The van der Waals surface area contributed by atoms with Crippen molar-refractivity contribution in [2.45, 2.75) is 27.7 Å². The molecule has 0 saturated heterocycles. The molecule has 0 aromatic rings. The van der Waals surface area contributed by atoms with Crippen molar-refractivity contribution >= 4 is 5.97 Å². The number of nitrogens with one attached hydrogen (secondary N) is 1. The van der Waals surface area contributed by atoms with E-state index >= 15 is 0 Å². The molecule has 0 atom stereocenters. The van der Waals surface area contributed by atoms with E-state index in [0.29, 0.717) is 6.61 Å². The van der Waals surface area contributed by atoms with E-state index < -0.39 is 0 Å². The van der Waals surface area contributed by atoms with Crippen LogP contribution in [0.2, 0.25) is 0 Å². The molecule has 13 heavy (non-hydrogen) atoms. The Hall–Kier alpha value is -0.990. The Kier molecular flexibility index (Phi) is 2.64. The molecule has 0 unspecified atom stereocenters. The summed E-state index contributed by atoms with van der Waals surface area (Å²) in [6.45, 7) is 9.08. The van der Waals surface area contributed by atoms with Gasteiger partial charge in [0.2, 0.25) is 0 Å². The highest BCUT2D eigenvalue weighted by atomic mass is 16.5. The lowest BCUT2D eigenvalue weighted by Gasteiger charge is -2.19. The second kappa shape index (κ2) is 3.40. The lowest BCUT2D eigenvalue weighted by Crippen LogP contribution is -2.24. The highest BCUT2D eigenvalue weighted by Crippen LogP contribution is 2.33. The van der Waals surface area contributed by atoms with Gasteiger partial charge >= 0.3 is 5.97 Å². The molecule has 1 aliphatic rings. The van der Waals surface area contributed by atoms with Gasteiger partial charge in [0.05, 0.1) is 12.2 Å². The van der Waals surface area contributed by atoms with Crippen molar-refractivity contribution in [3.05, 3.63) is 11.3 Å². The molecule has 0 saturated carbocycles. The van der Waals surface area contributed by atoms with Crippen LogP contribution in [0.5, 0.6) is 0 Å². The predicted molar refractivity (Wildman–Crippen MR) is 51.1 cm³/mol. The molecule has 0 amide bonds. The number of allylic oxidation sites excluding steroid dienone is 1. The molecule has 1 N–H and O–H groups in total. The smallest absolute Gasteiger partial charge is 0.336 e. The minimum Gasteiger partial charge on any atom is -0.463 e. The molecule has 3 heteroatoms. The van der Waals surface area contributed by atoms with Crippen LogP contribution in [0.15, 0.2) is 11.3 Å². The second-order valence-corrected chi connectivity index (χ2v) is 3.96. The molecular weight excluding hydrogens is 166 g/mol. The van der Waals surface area contributed by atoms with Gasteiger partial charge in [-0.15, -0.1) is 0 Å². The number of rotatable bonds is 2. The molecule has 0 radical (unpaired) electrons. The molecule has 74 valence electrons. The van der Waals surface area contributed by atoms with Crippen LogP contribution in [0, 0.1) is 5.41 Å². The molecule has 0 bridgehead atoms. The minimum atomic E-state index is -0.185. The topological polar surface area (TPSA) is 38.3 Å². The van der Waals surface area contributed by atoms with E-state index in [1.807, 2.05) is 27.7 Å². The summed E-state index contributed by atoms with van der Waals surface area (Å²) in [6, 6.07) is 0. The summed E-state index contributed by atoms with van der Waals surface area (Å²) < 4.78 is 5.00. The summed E-state index contributed by atoms with van der Waals surface area (Å²) in [4.78, 5) is 11.6. The molecule has 1 heterocycles. The highest BCUT2D eigenvalue weighted by Gasteiger charge is 2.36. The number of carbonyl (C=O) groups is 1. The Labute approximate surface area is 79.2 Å². The van der Waals surface area contributed by atoms with Gasteiger partial charge in [-0.1, -0.05) is 13.8 Å². The van der Waals surface area contributed by atoms with E-state index in [4.69, 9.17) is 4.74 Å². The predicted octanol–water partition coefficient (Wildman–Crippen LogP) is 1.45. The van der Waals surface area contributed by atoms with Crippen LogP contribution in [0.1, 0.15) is 27.7 Å². The van der Waals surface area contributed by atoms with E-state index in [-0.39, 0.29) is 11.4 Å². The molecule has 0 spiro atoms. The summed E-state index contributed by atoms with van der Waals surface area (Å²) in [5, 5.41) is 3.18. The van der Waals surface area contributed by atoms with Gasteiger partial charge in [0.25, 0.3) is 0 Å². The summed E-state index contributed by atoms with van der Waals surface area (Å²) >= 11 is 0. The zero-order chi connectivity index (χ0) is 10.1. The fourth-order valence-corrected chi connectivity index (χ4v) is 1.67. The van der Waals surface area contributed by atoms with Gasteiger partial charge < -0.3 is 10.1 Å². The van der Waals surface area contributed by atoms with Crippen LogP contribution >= 0.6 is 0 Å². The third-order valence-electron chi connectivity index (χ3n) is 2.33. The quantitative estimate of drug-likeness (QED) is 0.658. The van der Waals surface area contributed by atoms with Crippen molar-refractivity contribution in [3.63, 3.8) is 0 Å².